The van der Waals surface area contributed by atoms with Gasteiger partial charge in [0.2, 0.25) is 23.5 Å². The Kier molecular flexibility index (Phi) is 7.16. The molecule has 10 heteroatoms. The fourth-order valence-electron chi connectivity index (χ4n) is 5.01. The van der Waals surface area contributed by atoms with Crippen LogP contribution in [0.2, 0.25) is 0 Å². The van der Waals surface area contributed by atoms with Gasteiger partial charge in [0.05, 0.1) is 13.0 Å². The van der Waals surface area contributed by atoms with Crippen LogP contribution in [0.5, 0.6) is 5.75 Å². The second-order valence-electron chi connectivity index (χ2n) is 9.30. The van der Waals surface area contributed by atoms with E-state index in [-0.39, 0.29) is 42.8 Å². The Hall–Kier alpha value is -4.21. The molecule has 0 spiro atoms. The van der Waals surface area contributed by atoms with Gasteiger partial charge in [-0.05, 0) is 42.7 Å². The van der Waals surface area contributed by atoms with Crippen molar-refractivity contribution in [2.24, 2.45) is 5.92 Å². The SMILES string of the molecule is COc1ccc(-c2noc(CN3C(=O)C4CCCCC4N(CC(=O)NCc4ccccc4)C3=O)n2)cc1. The molecule has 3 aromatic rings. The molecule has 37 heavy (non-hydrogen) atoms. The lowest BCUT2D eigenvalue weighted by Gasteiger charge is -2.46. The van der Waals surface area contributed by atoms with Crippen molar-refractivity contribution in [1.29, 1.82) is 0 Å². The summed E-state index contributed by atoms with van der Waals surface area (Å²) < 4.78 is 10.6. The Bertz CT molecular complexity index is 1260. The Morgan fingerprint density at radius 2 is 1.84 bits per heavy atom. The number of benzene rings is 2. The Morgan fingerprint density at radius 3 is 2.59 bits per heavy atom. The van der Waals surface area contributed by atoms with Gasteiger partial charge in [-0.3, -0.25) is 14.5 Å². The van der Waals surface area contributed by atoms with Crippen molar-refractivity contribution in [3.05, 3.63) is 66.1 Å². The van der Waals surface area contributed by atoms with Crippen LogP contribution < -0.4 is 10.1 Å². The number of carbonyl (C=O) groups excluding carboxylic acids is 3. The van der Waals surface area contributed by atoms with Gasteiger partial charge in [0.15, 0.2) is 0 Å². The third-order valence-corrected chi connectivity index (χ3v) is 6.95. The summed E-state index contributed by atoms with van der Waals surface area (Å²) in [6.07, 6.45) is 3.20. The first-order valence-corrected chi connectivity index (χ1v) is 12.4. The number of nitrogens with zero attached hydrogens (tertiary/aromatic N) is 4. The van der Waals surface area contributed by atoms with Crippen LogP contribution in [0.15, 0.2) is 59.1 Å². The van der Waals surface area contributed by atoms with Crippen molar-refractivity contribution >= 4 is 17.8 Å². The predicted octanol–water partition coefficient (Wildman–Crippen LogP) is 3.38. The minimum Gasteiger partial charge on any atom is -0.497 e. The zero-order valence-electron chi connectivity index (χ0n) is 20.6. The standard InChI is InChI=1S/C27H29N5O5/c1-36-20-13-11-19(12-14-20)25-29-24(37-30-25)17-32-26(34)21-9-5-6-10-22(21)31(27(32)35)16-23(33)28-15-18-7-3-2-4-8-18/h2-4,7-8,11-14,21-22H,5-6,9-10,15-17H2,1H3,(H,28,33). The highest BCUT2D eigenvalue weighted by molar-refractivity contribution is 6.00. The van der Waals surface area contributed by atoms with E-state index in [2.05, 4.69) is 15.5 Å². The number of hydrogen-bond donors (Lipinski definition) is 1. The van der Waals surface area contributed by atoms with E-state index in [0.29, 0.717) is 31.0 Å². The third-order valence-electron chi connectivity index (χ3n) is 6.95. The van der Waals surface area contributed by atoms with Crippen LogP contribution in [0.25, 0.3) is 11.4 Å². The Balaban J connectivity index is 1.30. The van der Waals surface area contributed by atoms with E-state index in [1.54, 1.807) is 31.4 Å². The average molecular weight is 504 g/mol. The van der Waals surface area contributed by atoms with Gasteiger partial charge in [-0.1, -0.05) is 48.3 Å². The van der Waals surface area contributed by atoms with E-state index in [1.807, 2.05) is 30.3 Å². The topological polar surface area (TPSA) is 118 Å². The van der Waals surface area contributed by atoms with E-state index >= 15 is 0 Å². The molecule has 2 aromatic carbocycles. The maximum atomic E-state index is 13.5. The van der Waals surface area contributed by atoms with Gasteiger partial charge < -0.3 is 19.5 Å². The van der Waals surface area contributed by atoms with Gasteiger partial charge in [-0.25, -0.2) is 4.79 Å². The van der Waals surface area contributed by atoms with Gasteiger partial charge in [-0.15, -0.1) is 0 Å². The summed E-state index contributed by atoms with van der Waals surface area (Å²) in [5, 5.41) is 6.89. The molecule has 2 heterocycles. The summed E-state index contributed by atoms with van der Waals surface area (Å²) in [6, 6.07) is 15.9. The number of carbonyl (C=O) groups is 3. The number of ether oxygens (including phenoxy) is 1. The van der Waals surface area contributed by atoms with Gasteiger partial charge in [0, 0.05) is 18.2 Å². The summed E-state index contributed by atoms with van der Waals surface area (Å²) in [4.78, 5) is 46.7. The second-order valence-corrected chi connectivity index (χ2v) is 9.30. The molecule has 10 nitrogen and oxygen atoms in total. The molecule has 0 bridgehead atoms. The average Bonchev–Trinajstić information content (AvgIpc) is 3.41. The molecule has 192 valence electrons. The zero-order valence-corrected chi connectivity index (χ0v) is 20.6. The minimum absolute atomic E-state index is 0.114. The van der Waals surface area contributed by atoms with Crippen molar-refractivity contribution in [3.63, 3.8) is 0 Å². The fourth-order valence-corrected chi connectivity index (χ4v) is 5.01. The molecule has 2 fully saturated rings. The van der Waals surface area contributed by atoms with Crippen LogP contribution in [-0.4, -0.2) is 57.5 Å². The van der Waals surface area contributed by atoms with Crippen LogP contribution in [0.1, 0.15) is 37.1 Å². The van der Waals surface area contributed by atoms with Crippen LogP contribution in [0, 0.1) is 5.92 Å². The molecule has 1 N–H and O–H groups in total. The molecule has 1 aliphatic heterocycles. The highest BCUT2D eigenvalue weighted by Gasteiger charge is 2.47. The van der Waals surface area contributed by atoms with E-state index in [1.165, 1.54) is 4.90 Å². The highest BCUT2D eigenvalue weighted by atomic mass is 16.5. The largest absolute Gasteiger partial charge is 0.497 e. The van der Waals surface area contributed by atoms with Gasteiger partial charge >= 0.3 is 6.03 Å². The van der Waals surface area contributed by atoms with Crippen LogP contribution >= 0.6 is 0 Å². The van der Waals surface area contributed by atoms with Crippen molar-refractivity contribution in [2.75, 3.05) is 13.7 Å². The summed E-state index contributed by atoms with van der Waals surface area (Å²) in [5.74, 6) is 0.331. The summed E-state index contributed by atoms with van der Waals surface area (Å²) in [6.45, 7) is 0.109. The summed E-state index contributed by atoms with van der Waals surface area (Å²) in [7, 11) is 1.58. The van der Waals surface area contributed by atoms with Crippen LogP contribution in [0.4, 0.5) is 4.79 Å². The molecule has 2 aliphatic rings. The molecule has 1 saturated carbocycles. The number of hydrogen-bond acceptors (Lipinski definition) is 7. The lowest BCUT2D eigenvalue weighted by atomic mass is 9.81. The third kappa shape index (κ3) is 5.32. The number of rotatable bonds is 8. The van der Waals surface area contributed by atoms with E-state index in [4.69, 9.17) is 9.26 Å². The lowest BCUT2D eigenvalue weighted by Crippen LogP contribution is -2.63. The number of fused-ring (bicyclic) bond motifs is 1. The molecule has 2 unspecified atom stereocenters. The van der Waals surface area contributed by atoms with Crippen LogP contribution in [0.3, 0.4) is 0 Å². The Morgan fingerprint density at radius 1 is 1.08 bits per heavy atom. The monoisotopic (exact) mass is 503 g/mol. The molecule has 2 atom stereocenters. The number of amides is 4. The molecule has 1 aromatic heterocycles. The number of aromatic nitrogens is 2. The van der Waals surface area contributed by atoms with Gasteiger partial charge in [-0.2, -0.15) is 4.98 Å². The normalized spacial score (nSPS) is 19.5. The summed E-state index contributed by atoms with van der Waals surface area (Å²) in [5.41, 5.74) is 1.69. The maximum absolute atomic E-state index is 13.5. The number of methoxy groups -OCH3 is 1. The smallest absolute Gasteiger partial charge is 0.327 e. The van der Waals surface area contributed by atoms with E-state index < -0.39 is 6.03 Å². The van der Waals surface area contributed by atoms with Gasteiger partial charge in [0.25, 0.3) is 0 Å². The minimum atomic E-state index is -0.507. The first kappa shape index (κ1) is 24.5. The highest BCUT2D eigenvalue weighted by Crippen LogP contribution is 2.35. The number of urea groups is 1. The lowest BCUT2D eigenvalue weighted by molar-refractivity contribution is -0.143. The first-order valence-electron chi connectivity index (χ1n) is 12.4. The quantitative estimate of drug-likeness (QED) is 0.501. The Labute approximate surface area is 214 Å². The van der Waals surface area contributed by atoms with Crippen molar-refractivity contribution < 1.29 is 23.6 Å². The number of imide groups is 1. The fraction of sp³-hybridized carbons (Fsp3) is 0.370. The van der Waals surface area contributed by atoms with Gasteiger partial charge in [0.1, 0.15) is 18.8 Å². The molecular weight excluding hydrogens is 474 g/mol. The van der Waals surface area contributed by atoms with E-state index in [0.717, 1.165) is 28.9 Å². The maximum Gasteiger partial charge on any atom is 0.327 e. The molecular formula is C27H29N5O5. The van der Waals surface area contributed by atoms with E-state index in [9.17, 15) is 14.4 Å². The molecule has 5 rings (SSSR count). The van der Waals surface area contributed by atoms with Crippen molar-refractivity contribution in [3.8, 4) is 17.1 Å². The zero-order chi connectivity index (χ0) is 25.8. The number of nitrogens with one attached hydrogen (secondary N) is 1. The molecule has 0 radical (unpaired) electrons. The first-order chi connectivity index (χ1) is 18.0. The molecule has 1 saturated heterocycles. The summed E-state index contributed by atoms with van der Waals surface area (Å²) >= 11 is 0. The predicted molar refractivity (Wildman–Crippen MR) is 133 cm³/mol. The van der Waals surface area contributed by atoms with Crippen molar-refractivity contribution in [2.45, 2.75) is 44.8 Å². The van der Waals surface area contributed by atoms with Crippen molar-refractivity contribution in [1.82, 2.24) is 25.3 Å². The molecule has 1 aliphatic carbocycles. The van der Waals surface area contributed by atoms with Crippen LogP contribution in [-0.2, 0) is 22.7 Å². The molecule has 4 amide bonds. The second kappa shape index (κ2) is 10.8.